The van der Waals surface area contributed by atoms with Gasteiger partial charge < -0.3 is 47.7 Å². The monoisotopic (exact) mass is 529 g/mol. The Morgan fingerprint density at radius 2 is 0.903 bits per heavy atom. The Morgan fingerprint density at radius 3 is 1.06 bits per heavy atom. The molecule has 0 bridgehead atoms. The topological polar surface area (TPSA) is 79.1 Å². The second-order valence-electron chi connectivity index (χ2n) is 7.93. The fourth-order valence-corrected chi connectivity index (χ4v) is 3.72. The summed E-state index contributed by atoms with van der Waals surface area (Å²) in [4.78, 5) is 0. The predicted molar refractivity (Wildman–Crippen MR) is 117 cm³/mol. The van der Waals surface area contributed by atoms with Crippen molar-refractivity contribution in [3.05, 3.63) is 0 Å². The zero-order valence-corrected chi connectivity index (χ0v) is 28.3. The van der Waals surface area contributed by atoms with Crippen LogP contribution in [0.2, 0.25) is 0 Å². The van der Waals surface area contributed by atoms with Crippen LogP contribution in [0.5, 0.6) is 0 Å². The summed E-state index contributed by atoms with van der Waals surface area (Å²) in [7, 11) is 4.81. The Kier molecular flexibility index (Phi) is 61.6. The third-order valence-corrected chi connectivity index (χ3v) is 5.44. The van der Waals surface area contributed by atoms with E-state index in [2.05, 4.69) is 27.9 Å². The van der Waals surface area contributed by atoms with E-state index in [4.69, 9.17) is 10.5 Å². The maximum Gasteiger partial charge on any atom is 1.00 e. The van der Waals surface area contributed by atoms with Crippen LogP contribution in [0.4, 0.5) is 0 Å². The van der Waals surface area contributed by atoms with E-state index in [0.29, 0.717) is 0 Å². The normalized spacial score (nSPS) is 15.4. The quantitative estimate of drug-likeness (QED) is 0.253. The van der Waals surface area contributed by atoms with Gasteiger partial charge in [0.15, 0.2) is 12.1 Å². The van der Waals surface area contributed by atoms with Crippen LogP contribution in [0.3, 0.4) is 0 Å². The van der Waals surface area contributed by atoms with Crippen molar-refractivity contribution in [2.75, 3.05) is 53.4 Å². The van der Waals surface area contributed by atoms with Crippen molar-refractivity contribution >= 4 is 8.41 Å². The van der Waals surface area contributed by atoms with Gasteiger partial charge in [-0.05, 0) is 12.8 Å². The third-order valence-electron chi connectivity index (χ3n) is 5.44. The van der Waals surface area contributed by atoms with Crippen LogP contribution in [0.25, 0.3) is 0 Å². The minimum Gasteiger partial charge on any atom is -1.00 e. The molecule has 0 aromatic heterocycles. The van der Waals surface area contributed by atoms with Gasteiger partial charge in [-0.25, -0.2) is 0 Å². The Balaban J connectivity index is -0.0000000408. The SMILES string of the molecule is C.CCCC[N+]1(C)CCCC1.CCCC[N+]1(C)CCCC1.N#CC#N.O.[B-].[Cl-].[Cl-].[K+].[K+]. The average Bonchev–Trinajstić information content (AvgIpc) is 3.22. The minimum absolute atomic E-state index is 0. The number of halogens is 2. The molecule has 0 aliphatic carbocycles. The molecule has 2 saturated heterocycles. The molecule has 0 saturated carbocycles. The number of hydrogen-bond donors (Lipinski definition) is 0. The Labute approximate surface area is 294 Å². The van der Waals surface area contributed by atoms with E-state index in [-0.39, 0.29) is 149 Å². The van der Waals surface area contributed by atoms with Crippen LogP contribution < -0.4 is 128 Å². The molecule has 2 heterocycles. The largest absolute Gasteiger partial charge is 1.00 e. The summed E-state index contributed by atoms with van der Waals surface area (Å²) in [5.41, 5.74) is 0. The molecule has 0 aromatic carbocycles. The van der Waals surface area contributed by atoms with Crippen molar-refractivity contribution in [1.29, 1.82) is 10.5 Å². The van der Waals surface area contributed by atoms with Crippen molar-refractivity contribution in [2.45, 2.75) is 72.6 Å². The Bertz CT molecular complexity index is 375. The van der Waals surface area contributed by atoms with Gasteiger partial charge >= 0.3 is 103 Å². The minimum atomic E-state index is 0. The number of nitrogens with zero attached hydrogens (tertiary/aromatic N) is 4. The van der Waals surface area contributed by atoms with Gasteiger partial charge in [0.25, 0.3) is 0 Å². The summed E-state index contributed by atoms with van der Waals surface area (Å²) < 4.78 is 2.71. The maximum absolute atomic E-state index is 7.26. The third kappa shape index (κ3) is 30.7. The van der Waals surface area contributed by atoms with Crippen molar-refractivity contribution in [3.8, 4) is 12.1 Å². The zero-order chi connectivity index (χ0) is 18.3. The number of nitriles is 2. The van der Waals surface area contributed by atoms with Gasteiger partial charge in [-0.1, -0.05) is 34.1 Å². The van der Waals surface area contributed by atoms with Gasteiger partial charge in [0.1, 0.15) is 0 Å². The molecule has 2 aliphatic rings. The molecule has 0 aromatic rings. The van der Waals surface area contributed by atoms with Crippen molar-refractivity contribution in [3.63, 3.8) is 0 Å². The molecule has 0 atom stereocenters. The summed E-state index contributed by atoms with van der Waals surface area (Å²) >= 11 is 0. The molecular weight excluding hydrogens is 484 g/mol. The molecule has 4 radical (unpaired) electrons. The predicted octanol–water partition coefficient (Wildman–Crippen LogP) is -8.47. The zero-order valence-electron chi connectivity index (χ0n) is 20.5. The molecule has 2 N–H and O–H groups in total. The van der Waals surface area contributed by atoms with Gasteiger partial charge in [-0.3, -0.25) is 0 Å². The maximum atomic E-state index is 7.26. The fourth-order valence-electron chi connectivity index (χ4n) is 3.72. The van der Waals surface area contributed by atoms with Crippen LogP contribution in [0, 0.1) is 22.7 Å². The van der Waals surface area contributed by atoms with E-state index in [1.165, 1.54) is 112 Å². The van der Waals surface area contributed by atoms with Gasteiger partial charge in [-0.2, -0.15) is 10.5 Å². The smallest absolute Gasteiger partial charge is 1.00 e. The number of quaternary nitrogens is 2. The van der Waals surface area contributed by atoms with E-state index < -0.39 is 0 Å². The fraction of sp³-hybridized carbons (Fsp3) is 0.905. The molecule has 2 fully saturated rings. The van der Waals surface area contributed by atoms with E-state index in [0.717, 1.165) is 0 Å². The number of rotatable bonds is 6. The van der Waals surface area contributed by atoms with Crippen LogP contribution in [-0.2, 0) is 0 Å². The average molecular weight is 531 g/mol. The summed E-state index contributed by atoms with van der Waals surface area (Å²) in [6.45, 7) is 13.1. The van der Waals surface area contributed by atoms with Crippen LogP contribution in [0.1, 0.15) is 72.6 Å². The molecule has 174 valence electrons. The van der Waals surface area contributed by atoms with Crippen LogP contribution in [-0.4, -0.2) is 76.2 Å². The molecule has 0 amide bonds. The molecule has 0 unspecified atom stereocenters. The van der Waals surface area contributed by atoms with Crippen molar-refractivity contribution in [1.82, 2.24) is 0 Å². The molecule has 5 nitrogen and oxygen atoms in total. The first-order chi connectivity index (χ1) is 11.4. The standard InChI is InChI=1S/2C9H20N.C2N2.CH4.B.2ClH.2K.H2O/c2*1-3-4-7-10(2)8-5-6-9-10;3-1-2-4;;;;;;;/h2*3-9H2,1-2H3;;1H4;;2*1H;;;1H2/q2*+1;;;-1;;;2*+1;/p-2. The Hall–Kier alpha value is 2.78. The van der Waals surface area contributed by atoms with E-state index in [1.807, 2.05) is 0 Å². The first kappa shape index (κ1) is 54.6. The van der Waals surface area contributed by atoms with Gasteiger partial charge in [0.05, 0.1) is 53.4 Å². The molecular formula is C21H46BCl2K2N4O+. The molecule has 10 heteroatoms. The van der Waals surface area contributed by atoms with E-state index in [1.54, 1.807) is 0 Å². The van der Waals surface area contributed by atoms with Gasteiger partial charge in [0.2, 0.25) is 0 Å². The summed E-state index contributed by atoms with van der Waals surface area (Å²) in [6.07, 6.45) is 11.4. The Morgan fingerprint density at radius 1 is 0.677 bits per heavy atom. The number of hydrogen-bond acceptors (Lipinski definition) is 2. The van der Waals surface area contributed by atoms with Gasteiger partial charge in [-0.15, -0.1) is 0 Å². The molecule has 0 spiro atoms. The molecule has 31 heavy (non-hydrogen) atoms. The van der Waals surface area contributed by atoms with E-state index >= 15 is 0 Å². The first-order valence-corrected chi connectivity index (χ1v) is 9.90. The van der Waals surface area contributed by atoms with Crippen LogP contribution >= 0.6 is 0 Å². The van der Waals surface area contributed by atoms with Crippen molar-refractivity contribution < 1.29 is 142 Å². The second kappa shape index (κ2) is 34.9. The molecule has 2 rings (SSSR count). The number of unbranched alkanes of at least 4 members (excludes halogenated alkanes) is 2. The number of likely N-dealkylation sites (tertiary alicyclic amines) is 2. The first-order valence-electron chi connectivity index (χ1n) is 9.90. The summed E-state index contributed by atoms with van der Waals surface area (Å²) in [6, 6.07) is 2.47. The van der Waals surface area contributed by atoms with Crippen molar-refractivity contribution in [2.24, 2.45) is 0 Å². The van der Waals surface area contributed by atoms with E-state index in [9.17, 15) is 0 Å². The van der Waals surface area contributed by atoms with Gasteiger partial charge in [0, 0.05) is 25.7 Å². The summed E-state index contributed by atoms with van der Waals surface area (Å²) in [5.74, 6) is 0. The molecule has 2 aliphatic heterocycles. The van der Waals surface area contributed by atoms with Crippen LogP contribution in [0.15, 0.2) is 0 Å². The second-order valence-corrected chi connectivity index (χ2v) is 7.93. The summed E-state index contributed by atoms with van der Waals surface area (Å²) in [5, 5.41) is 14.5.